The molecule has 1 rings (SSSR count). The van der Waals surface area contributed by atoms with Crippen LogP contribution in [0.15, 0.2) is 24.3 Å². The van der Waals surface area contributed by atoms with E-state index < -0.39 is 11.8 Å². The van der Waals surface area contributed by atoms with Gasteiger partial charge in [-0.2, -0.15) is 8.78 Å². The number of carbonyl (C=O) groups excluding carboxylic acids is 1. The highest BCUT2D eigenvalue weighted by molar-refractivity contribution is 5.93. The molecule has 0 fully saturated rings. The lowest BCUT2D eigenvalue weighted by Gasteiger charge is -2.18. The fourth-order valence-electron chi connectivity index (χ4n) is 1.79. The van der Waals surface area contributed by atoms with Crippen LogP contribution in [-0.2, 0) is 6.42 Å². The highest BCUT2D eigenvalue weighted by Gasteiger charge is 2.33. The van der Waals surface area contributed by atoms with E-state index >= 15 is 0 Å². The Labute approximate surface area is 119 Å². The predicted molar refractivity (Wildman–Crippen MR) is 76.9 cm³/mol. The van der Waals surface area contributed by atoms with Crippen molar-refractivity contribution in [2.75, 3.05) is 0 Å². The van der Waals surface area contributed by atoms with Crippen molar-refractivity contribution in [3.63, 3.8) is 0 Å². The number of halogens is 2. The van der Waals surface area contributed by atoms with E-state index in [0.717, 1.165) is 12.0 Å². The summed E-state index contributed by atoms with van der Waals surface area (Å²) in [6.45, 7) is 4.89. The molecule has 1 atom stereocenters. The maximum atomic E-state index is 13.8. The van der Waals surface area contributed by atoms with Gasteiger partial charge in [-0.25, -0.2) is 0 Å². The molecule has 0 N–H and O–H groups in total. The molecule has 1 aromatic rings. The van der Waals surface area contributed by atoms with Crippen LogP contribution in [0, 0.1) is 17.8 Å². The normalized spacial score (nSPS) is 12.4. The molecule has 0 saturated heterocycles. The van der Waals surface area contributed by atoms with E-state index in [9.17, 15) is 13.6 Å². The minimum absolute atomic E-state index is 0.0274. The van der Waals surface area contributed by atoms with Crippen LogP contribution in [0.5, 0.6) is 0 Å². The zero-order chi connectivity index (χ0) is 15.2. The van der Waals surface area contributed by atoms with E-state index in [1.165, 1.54) is 13.8 Å². The van der Waals surface area contributed by atoms with Crippen LogP contribution in [0.4, 0.5) is 8.78 Å². The number of unbranched alkanes of at least 4 members (excludes halogenated alkanes) is 1. The summed E-state index contributed by atoms with van der Waals surface area (Å²) in [7, 11) is 0. The molecule has 1 aromatic carbocycles. The van der Waals surface area contributed by atoms with Gasteiger partial charge in [0.05, 0.1) is 0 Å². The molecule has 20 heavy (non-hydrogen) atoms. The maximum absolute atomic E-state index is 13.8. The first kappa shape index (κ1) is 16.4. The first-order chi connectivity index (χ1) is 9.36. The Kier molecular flexibility index (Phi) is 5.88. The van der Waals surface area contributed by atoms with E-state index in [-0.39, 0.29) is 12.2 Å². The number of carbonyl (C=O) groups is 1. The number of benzene rings is 1. The van der Waals surface area contributed by atoms with Crippen LogP contribution in [0.25, 0.3) is 0 Å². The third-order valence-electron chi connectivity index (χ3n) is 3.15. The van der Waals surface area contributed by atoms with Crippen molar-refractivity contribution in [3.05, 3.63) is 35.4 Å². The summed E-state index contributed by atoms with van der Waals surface area (Å²) >= 11 is 0. The second kappa shape index (κ2) is 7.19. The second-order valence-corrected chi connectivity index (χ2v) is 5.03. The molecule has 0 radical (unpaired) electrons. The van der Waals surface area contributed by atoms with Gasteiger partial charge in [-0.15, -0.1) is 0 Å². The lowest BCUT2D eigenvalue weighted by Crippen LogP contribution is -2.25. The predicted octanol–water partition coefficient (Wildman–Crippen LogP) is 4.51. The van der Waals surface area contributed by atoms with Gasteiger partial charge in [0.2, 0.25) is 0 Å². The Morgan fingerprint density at radius 1 is 1.30 bits per heavy atom. The van der Waals surface area contributed by atoms with Crippen LogP contribution in [0.1, 0.15) is 49.5 Å². The maximum Gasteiger partial charge on any atom is 0.310 e. The fraction of sp³-hybridized carbons (Fsp3) is 0.471. The number of hydrogen-bond donors (Lipinski definition) is 0. The van der Waals surface area contributed by atoms with Gasteiger partial charge in [0.15, 0.2) is 5.78 Å². The lowest BCUT2D eigenvalue weighted by molar-refractivity contribution is 0.00913. The Morgan fingerprint density at radius 2 is 1.90 bits per heavy atom. The van der Waals surface area contributed by atoms with Crippen molar-refractivity contribution in [2.24, 2.45) is 5.92 Å². The average Bonchev–Trinajstić information content (AvgIpc) is 2.39. The second-order valence-electron chi connectivity index (χ2n) is 5.03. The monoisotopic (exact) mass is 278 g/mol. The smallest absolute Gasteiger partial charge is 0.295 e. The molecule has 108 valence electrons. The lowest BCUT2D eigenvalue weighted by atomic mass is 9.94. The summed E-state index contributed by atoms with van der Waals surface area (Å²) in [5.41, 5.74) is 1.38. The van der Waals surface area contributed by atoms with Crippen LogP contribution in [-0.4, -0.2) is 11.7 Å². The molecule has 3 heteroatoms. The molecule has 1 unspecified atom stereocenters. The van der Waals surface area contributed by atoms with Crippen LogP contribution >= 0.6 is 0 Å². The molecule has 1 nitrogen and oxygen atoms in total. The van der Waals surface area contributed by atoms with Crippen molar-refractivity contribution < 1.29 is 13.6 Å². The quantitative estimate of drug-likeness (QED) is 0.572. The SMILES string of the molecule is CCCC#CC(F)(F)C(C)Cc1ccc(C(C)=O)cc1. The summed E-state index contributed by atoms with van der Waals surface area (Å²) in [6, 6.07) is 6.79. The van der Waals surface area contributed by atoms with E-state index in [2.05, 4.69) is 11.8 Å². The van der Waals surface area contributed by atoms with Crippen LogP contribution in [0.3, 0.4) is 0 Å². The molecule has 0 heterocycles. The van der Waals surface area contributed by atoms with Gasteiger partial charge in [-0.3, -0.25) is 4.79 Å². The van der Waals surface area contributed by atoms with Crippen molar-refractivity contribution in [3.8, 4) is 11.8 Å². The van der Waals surface area contributed by atoms with Crippen LogP contribution in [0.2, 0.25) is 0 Å². The standard InChI is InChI=1S/C17H20F2O/c1-4-5-6-11-17(18,19)13(2)12-15-7-9-16(10-8-15)14(3)20/h7-10,13H,4-5,12H2,1-3H3. The molecule has 0 aliphatic carbocycles. The topological polar surface area (TPSA) is 17.1 Å². The summed E-state index contributed by atoms with van der Waals surface area (Å²) in [6.07, 6.45) is 1.52. The molecule has 0 aliphatic heterocycles. The van der Waals surface area contributed by atoms with Gasteiger partial charge in [-0.05, 0) is 31.2 Å². The summed E-state index contributed by atoms with van der Waals surface area (Å²) < 4.78 is 27.6. The summed E-state index contributed by atoms with van der Waals surface area (Å²) in [4.78, 5) is 11.1. The Morgan fingerprint density at radius 3 is 2.40 bits per heavy atom. The first-order valence-corrected chi connectivity index (χ1v) is 6.84. The van der Waals surface area contributed by atoms with Gasteiger partial charge in [-0.1, -0.05) is 44.0 Å². The Balaban J connectivity index is 2.72. The van der Waals surface area contributed by atoms with Crippen molar-refractivity contribution >= 4 is 5.78 Å². The molecule has 0 aromatic heterocycles. The van der Waals surface area contributed by atoms with Crippen molar-refractivity contribution in [1.82, 2.24) is 0 Å². The van der Waals surface area contributed by atoms with E-state index in [4.69, 9.17) is 0 Å². The number of hydrogen-bond acceptors (Lipinski definition) is 1. The molecule has 0 saturated carbocycles. The molecule has 0 spiro atoms. The van der Waals surface area contributed by atoms with E-state index in [1.54, 1.807) is 24.3 Å². The summed E-state index contributed by atoms with van der Waals surface area (Å²) in [5.74, 6) is 0.736. The van der Waals surface area contributed by atoms with Gasteiger partial charge in [0, 0.05) is 17.9 Å². The molecular formula is C17H20F2O. The third kappa shape index (κ3) is 4.77. The minimum atomic E-state index is -2.98. The Bertz CT molecular complexity index is 506. The number of Topliss-reactive ketones (excluding diaryl/α,β-unsaturated/α-hetero) is 1. The zero-order valence-electron chi connectivity index (χ0n) is 12.2. The highest BCUT2D eigenvalue weighted by atomic mass is 19.3. The third-order valence-corrected chi connectivity index (χ3v) is 3.15. The molecule has 0 amide bonds. The van der Waals surface area contributed by atoms with Gasteiger partial charge in [0.25, 0.3) is 0 Å². The van der Waals surface area contributed by atoms with Crippen molar-refractivity contribution in [1.29, 1.82) is 0 Å². The van der Waals surface area contributed by atoms with Gasteiger partial charge < -0.3 is 0 Å². The Hall–Kier alpha value is -1.69. The van der Waals surface area contributed by atoms with Crippen molar-refractivity contribution in [2.45, 2.75) is 46.0 Å². The largest absolute Gasteiger partial charge is 0.310 e. The number of alkyl halides is 2. The number of rotatable bonds is 5. The van der Waals surface area contributed by atoms with Crippen LogP contribution < -0.4 is 0 Å². The molecular weight excluding hydrogens is 258 g/mol. The average molecular weight is 278 g/mol. The fourth-order valence-corrected chi connectivity index (χ4v) is 1.79. The zero-order valence-corrected chi connectivity index (χ0v) is 12.2. The van der Waals surface area contributed by atoms with Gasteiger partial charge >= 0.3 is 5.92 Å². The minimum Gasteiger partial charge on any atom is -0.295 e. The highest BCUT2D eigenvalue weighted by Crippen LogP contribution is 2.27. The molecule has 0 bridgehead atoms. The number of ketones is 1. The first-order valence-electron chi connectivity index (χ1n) is 6.84. The summed E-state index contributed by atoms with van der Waals surface area (Å²) in [5, 5.41) is 0. The van der Waals surface area contributed by atoms with E-state index in [0.29, 0.717) is 12.0 Å². The molecule has 0 aliphatic rings. The van der Waals surface area contributed by atoms with Gasteiger partial charge in [0.1, 0.15) is 0 Å². The van der Waals surface area contributed by atoms with E-state index in [1.807, 2.05) is 6.92 Å².